The summed E-state index contributed by atoms with van der Waals surface area (Å²) in [5, 5.41) is 2.68. The molecule has 1 aromatic heterocycles. The average molecular weight is 207 g/mol. The lowest BCUT2D eigenvalue weighted by Gasteiger charge is -2.01. The van der Waals surface area contributed by atoms with E-state index in [9.17, 15) is 4.39 Å². The molecule has 0 radical (unpaired) electrons. The fraction of sp³-hybridized carbons (Fsp3) is 0.182. The first-order valence-corrected chi connectivity index (χ1v) is 5.24. The predicted molar refractivity (Wildman–Crippen MR) is 57.0 cm³/mol. The van der Waals surface area contributed by atoms with Gasteiger partial charge in [0, 0.05) is 16.6 Å². The second-order valence-electron chi connectivity index (χ2n) is 3.23. The molecule has 0 saturated carbocycles. The largest absolute Gasteiger partial charge is 0.241 e. The quantitative estimate of drug-likeness (QED) is 0.696. The van der Waals surface area contributed by atoms with Gasteiger partial charge in [-0.05, 0) is 25.5 Å². The van der Waals surface area contributed by atoms with Gasteiger partial charge in [0.1, 0.15) is 10.8 Å². The predicted octanol–water partition coefficient (Wildman–Crippen LogP) is 3.57. The summed E-state index contributed by atoms with van der Waals surface area (Å²) in [5.41, 5.74) is 2.20. The third kappa shape index (κ3) is 1.55. The van der Waals surface area contributed by atoms with E-state index in [2.05, 4.69) is 4.98 Å². The molecule has 0 unspecified atom stereocenters. The van der Waals surface area contributed by atoms with E-state index in [4.69, 9.17) is 0 Å². The van der Waals surface area contributed by atoms with Gasteiger partial charge < -0.3 is 0 Å². The molecule has 0 bridgehead atoms. The summed E-state index contributed by atoms with van der Waals surface area (Å²) in [6.45, 7) is 3.67. The van der Waals surface area contributed by atoms with Crippen molar-refractivity contribution in [3.05, 3.63) is 40.7 Å². The van der Waals surface area contributed by atoms with Crippen LogP contribution in [0.2, 0.25) is 0 Å². The second kappa shape index (κ2) is 3.50. The van der Waals surface area contributed by atoms with Crippen LogP contribution in [0.25, 0.3) is 10.6 Å². The number of thiazole rings is 1. The smallest absolute Gasteiger partial charge is 0.136 e. The van der Waals surface area contributed by atoms with Crippen LogP contribution < -0.4 is 0 Å². The fourth-order valence-corrected chi connectivity index (χ4v) is 2.11. The van der Waals surface area contributed by atoms with Crippen molar-refractivity contribution in [2.45, 2.75) is 13.8 Å². The normalized spacial score (nSPS) is 10.5. The van der Waals surface area contributed by atoms with Crippen LogP contribution in [0.1, 0.15) is 11.3 Å². The van der Waals surface area contributed by atoms with Gasteiger partial charge in [0.25, 0.3) is 0 Å². The Bertz CT molecular complexity index is 462. The molecule has 2 aromatic rings. The number of nitrogens with zero attached hydrogens (tertiary/aromatic N) is 1. The highest BCUT2D eigenvalue weighted by Gasteiger charge is 2.09. The van der Waals surface area contributed by atoms with Crippen LogP contribution in [-0.2, 0) is 0 Å². The number of aromatic nitrogens is 1. The maximum atomic E-state index is 13.7. The molecule has 0 spiro atoms. The number of benzene rings is 1. The first kappa shape index (κ1) is 9.34. The van der Waals surface area contributed by atoms with Crippen LogP contribution in [0.15, 0.2) is 23.6 Å². The van der Waals surface area contributed by atoms with Crippen molar-refractivity contribution >= 4 is 11.3 Å². The van der Waals surface area contributed by atoms with E-state index in [1.807, 2.05) is 18.4 Å². The molecule has 2 rings (SSSR count). The molecule has 1 heterocycles. The highest BCUT2D eigenvalue weighted by Crippen LogP contribution is 2.27. The van der Waals surface area contributed by atoms with E-state index in [0.717, 1.165) is 10.7 Å². The summed E-state index contributed by atoms with van der Waals surface area (Å²) in [4.78, 5) is 4.26. The average Bonchev–Trinajstić information content (AvgIpc) is 2.57. The SMILES string of the molecule is Cc1csc(-c2cccc(C)c2F)n1. The molecule has 1 aromatic carbocycles. The van der Waals surface area contributed by atoms with Crippen molar-refractivity contribution in [1.82, 2.24) is 4.98 Å². The van der Waals surface area contributed by atoms with Crippen LogP contribution in [0, 0.1) is 19.7 Å². The Labute approximate surface area is 86.2 Å². The third-order valence-corrected chi connectivity index (χ3v) is 3.03. The minimum absolute atomic E-state index is 0.165. The summed E-state index contributed by atoms with van der Waals surface area (Å²) in [6, 6.07) is 5.38. The van der Waals surface area contributed by atoms with Gasteiger partial charge >= 0.3 is 0 Å². The molecule has 0 aliphatic heterocycles. The van der Waals surface area contributed by atoms with E-state index in [0.29, 0.717) is 11.1 Å². The van der Waals surface area contributed by atoms with E-state index in [-0.39, 0.29) is 5.82 Å². The van der Waals surface area contributed by atoms with Crippen LogP contribution >= 0.6 is 11.3 Å². The molecule has 0 aliphatic carbocycles. The monoisotopic (exact) mass is 207 g/mol. The molecule has 72 valence electrons. The zero-order chi connectivity index (χ0) is 10.1. The van der Waals surface area contributed by atoms with Gasteiger partial charge in [0.05, 0.1) is 0 Å². The van der Waals surface area contributed by atoms with E-state index in [1.165, 1.54) is 11.3 Å². The standard InChI is InChI=1S/C11H10FNS/c1-7-4-3-5-9(10(7)12)11-13-8(2)6-14-11/h3-6H,1-2H3. The zero-order valence-corrected chi connectivity index (χ0v) is 8.86. The second-order valence-corrected chi connectivity index (χ2v) is 4.09. The van der Waals surface area contributed by atoms with Crippen molar-refractivity contribution in [3.63, 3.8) is 0 Å². The van der Waals surface area contributed by atoms with Gasteiger partial charge in [-0.15, -0.1) is 11.3 Å². The Morgan fingerprint density at radius 3 is 2.71 bits per heavy atom. The number of aryl methyl sites for hydroxylation is 2. The molecule has 14 heavy (non-hydrogen) atoms. The van der Waals surface area contributed by atoms with Crippen LogP contribution in [0.3, 0.4) is 0 Å². The van der Waals surface area contributed by atoms with Gasteiger partial charge in [-0.2, -0.15) is 0 Å². The molecule has 0 fully saturated rings. The Morgan fingerprint density at radius 2 is 2.07 bits per heavy atom. The lowest BCUT2D eigenvalue weighted by molar-refractivity contribution is 0.622. The minimum atomic E-state index is -0.165. The van der Waals surface area contributed by atoms with Gasteiger partial charge in [0.15, 0.2) is 0 Å². The number of rotatable bonds is 1. The van der Waals surface area contributed by atoms with Gasteiger partial charge in [-0.3, -0.25) is 0 Å². The Balaban J connectivity index is 2.57. The summed E-state index contributed by atoms with van der Waals surface area (Å²) in [5.74, 6) is -0.165. The van der Waals surface area contributed by atoms with Crippen molar-refractivity contribution < 1.29 is 4.39 Å². The molecule has 0 atom stereocenters. The third-order valence-electron chi connectivity index (χ3n) is 2.04. The summed E-state index contributed by atoms with van der Waals surface area (Å²) in [7, 11) is 0. The van der Waals surface area contributed by atoms with Gasteiger partial charge in [-0.25, -0.2) is 9.37 Å². The van der Waals surface area contributed by atoms with E-state index >= 15 is 0 Å². The zero-order valence-electron chi connectivity index (χ0n) is 8.04. The Morgan fingerprint density at radius 1 is 1.29 bits per heavy atom. The molecule has 0 saturated heterocycles. The topological polar surface area (TPSA) is 12.9 Å². The van der Waals surface area contributed by atoms with Crippen molar-refractivity contribution in [3.8, 4) is 10.6 Å². The highest BCUT2D eigenvalue weighted by atomic mass is 32.1. The summed E-state index contributed by atoms with van der Waals surface area (Å²) in [6.07, 6.45) is 0. The first-order valence-electron chi connectivity index (χ1n) is 4.36. The molecular formula is C11H10FNS. The molecule has 0 amide bonds. The summed E-state index contributed by atoms with van der Waals surface area (Å²) < 4.78 is 13.7. The number of halogens is 1. The molecule has 1 nitrogen and oxygen atoms in total. The van der Waals surface area contributed by atoms with Crippen LogP contribution in [0.4, 0.5) is 4.39 Å². The maximum Gasteiger partial charge on any atom is 0.136 e. The minimum Gasteiger partial charge on any atom is -0.241 e. The van der Waals surface area contributed by atoms with Gasteiger partial charge in [0.2, 0.25) is 0 Å². The fourth-order valence-electron chi connectivity index (χ4n) is 1.29. The first-order chi connectivity index (χ1) is 6.68. The highest BCUT2D eigenvalue weighted by molar-refractivity contribution is 7.13. The number of hydrogen-bond acceptors (Lipinski definition) is 2. The molecule has 0 N–H and O–H groups in total. The van der Waals surface area contributed by atoms with Crippen molar-refractivity contribution in [2.24, 2.45) is 0 Å². The molecule has 0 aliphatic rings. The molecular weight excluding hydrogens is 197 g/mol. The van der Waals surface area contributed by atoms with Gasteiger partial charge in [-0.1, -0.05) is 12.1 Å². The Hall–Kier alpha value is -1.22. The van der Waals surface area contributed by atoms with Crippen molar-refractivity contribution in [1.29, 1.82) is 0 Å². The maximum absolute atomic E-state index is 13.7. The lowest BCUT2D eigenvalue weighted by atomic mass is 10.1. The lowest BCUT2D eigenvalue weighted by Crippen LogP contribution is -1.87. The van der Waals surface area contributed by atoms with Crippen molar-refractivity contribution in [2.75, 3.05) is 0 Å². The van der Waals surface area contributed by atoms with Crippen LogP contribution in [-0.4, -0.2) is 4.98 Å². The van der Waals surface area contributed by atoms with E-state index < -0.39 is 0 Å². The van der Waals surface area contributed by atoms with Crippen LogP contribution in [0.5, 0.6) is 0 Å². The number of hydrogen-bond donors (Lipinski definition) is 0. The Kier molecular flexibility index (Phi) is 2.33. The van der Waals surface area contributed by atoms with E-state index in [1.54, 1.807) is 19.1 Å². The summed E-state index contributed by atoms with van der Waals surface area (Å²) >= 11 is 1.47. The molecule has 3 heteroatoms.